The number of piperidine rings is 1. The van der Waals surface area contributed by atoms with Crippen LogP contribution in [0.25, 0.3) is 0 Å². The van der Waals surface area contributed by atoms with Crippen molar-refractivity contribution >= 4 is 18.4 Å². The average molecular weight is 491 g/mol. The van der Waals surface area contributed by atoms with Gasteiger partial charge in [0, 0.05) is 37.9 Å². The molecule has 0 radical (unpaired) electrons. The summed E-state index contributed by atoms with van der Waals surface area (Å²) in [5.74, 6) is 0.938. The quantitative estimate of drug-likeness (QED) is 0.290. The SMILES string of the molecule is C[C@H]1CC(N(C)c2cccc(CF)c2)CCN1CC1CCCC1.O=CNC=N[C@H]1CCCCC1F. The molecule has 3 fully saturated rings. The van der Waals surface area contributed by atoms with Crippen LogP contribution in [0.15, 0.2) is 29.3 Å². The Morgan fingerprint density at radius 3 is 2.57 bits per heavy atom. The first kappa shape index (κ1) is 27.6. The predicted octanol–water partition coefficient (Wildman–Crippen LogP) is 5.68. The Hall–Kier alpha value is -2.02. The van der Waals surface area contributed by atoms with Crippen molar-refractivity contribution in [2.45, 2.75) is 102 Å². The number of amides is 1. The number of carbonyl (C=O) groups is 1. The van der Waals surface area contributed by atoms with Crippen molar-refractivity contribution in [2.24, 2.45) is 10.9 Å². The third-order valence-corrected chi connectivity index (χ3v) is 8.03. The summed E-state index contributed by atoms with van der Waals surface area (Å²) in [5.41, 5.74) is 1.93. The molecule has 1 saturated heterocycles. The van der Waals surface area contributed by atoms with Gasteiger partial charge in [0.15, 0.2) is 0 Å². The Morgan fingerprint density at radius 1 is 1.14 bits per heavy atom. The van der Waals surface area contributed by atoms with Crippen LogP contribution in [-0.4, -0.2) is 62.1 Å². The number of alkyl halides is 2. The van der Waals surface area contributed by atoms with Gasteiger partial charge in [-0.3, -0.25) is 9.79 Å². The minimum Gasteiger partial charge on any atom is -0.371 e. The van der Waals surface area contributed by atoms with Crippen LogP contribution < -0.4 is 10.2 Å². The number of nitrogens with one attached hydrogen (secondary N) is 1. The van der Waals surface area contributed by atoms with Crippen molar-refractivity contribution in [3.63, 3.8) is 0 Å². The summed E-state index contributed by atoms with van der Waals surface area (Å²) >= 11 is 0. The van der Waals surface area contributed by atoms with Crippen molar-refractivity contribution < 1.29 is 13.6 Å². The minimum absolute atomic E-state index is 0.244. The zero-order valence-corrected chi connectivity index (χ0v) is 21.5. The normalized spacial score (nSPS) is 27.9. The number of halogens is 2. The molecule has 1 amide bonds. The molecule has 7 heteroatoms. The van der Waals surface area contributed by atoms with Crippen LogP contribution >= 0.6 is 0 Å². The van der Waals surface area contributed by atoms with Crippen LogP contribution in [0.4, 0.5) is 14.5 Å². The van der Waals surface area contributed by atoms with E-state index in [1.54, 1.807) is 0 Å². The first-order valence-corrected chi connectivity index (χ1v) is 13.5. The summed E-state index contributed by atoms with van der Waals surface area (Å²) in [6.45, 7) is 4.51. The van der Waals surface area contributed by atoms with Crippen molar-refractivity contribution in [2.75, 3.05) is 25.0 Å². The molecule has 1 aliphatic heterocycles. The van der Waals surface area contributed by atoms with Crippen molar-refractivity contribution in [3.05, 3.63) is 29.8 Å². The van der Waals surface area contributed by atoms with E-state index in [4.69, 9.17) is 0 Å². The number of benzene rings is 1. The van der Waals surface area contributed by atoms with Gasteiger partial charge in [-0.25, -0.2) is 8.78 Å². The smallest absolute Gasteiger partial charge is 0.212 e. The molecule has 2 saturated carbocycles. The number of aliphatic imine (C=N–C) groups is 1. The molecule has 1 N–H and O–H groups in total. The Bertz CT molecular complexity index is 786. The Balaban J connectivity index is 0.000000241. The second kappa shape index (κ2) is 14.5. The maximum absolute atomic E-state index is 13.0. The molecule has 1 aromatic carbocycles. The molecular weight excluding hydrogens is 446 g/mol. The molecule has 0 spiro atoms. The summed E-state index contributed by atoms with van der Waals surface area (Å²) in [5, 5.41) is 2.28. The first-order valence-electron chi connectivity index (χ1n) is 13.5. The van der Waals surface area contributed by atoms with E-state index < -0.39 is 6.17 Å². The molecule has 3 aliphatic rings. The fourth-order valence-corrected chi connectivity index (χ4v) is 5.82. The molecule has 196 valence electrons. The van der Waals surface area contributed by atoms with Gasteiger partial charge in [0.2, 0.25) is 6.41 Å². The monoisotopic (exact) mass is 490 g/mol. The number of carbonyl (C=O) groups excluding carboxylic acids is 1. The Kier molecular flexibility index (Phi) is 11.4. The number of likely N-dealkylation sites (tertiary alicyclic amines) is 1. The number of nitrogens with zero attached hydrogens (tertiary/aromatic N) is 3. The molecule has 35 heavy (non-hydrogen) atoms. The van der Waals surface area contributed by atoms with Crippen molar-refractivity contribution in [1.29, 1.82) is 0 Å². The second-order valence-electron chi connectivity index (χ2n) is 10.5. The van der Waals surface area contributed by atoms with E-state index >= 15 is 0 Å². The summed E-state index contributed by atoms with van der Waals surface area (Å²) in [6, 6.07) is 8.92. The van der Waals surface area contributed by atoms with Crippen LogP contribution in [0, 0.1) is 5.92 Å². The molecule has 0 bridgehead atoms. The molecule has 4 atom stereocenters. The molecule has 0 aromatic heterocycles. The third kappa shape index (κ3) is 8.55. The van der Waals surface area contributed by atoms with E-state index in [0.717, 1.165) is 36.4 Å². The van der Waals surface area contributed by atoms with E-state index in [1.807, 2.05) is 18.2 Å². The van der Waals surface area contributed by atoms with E-state index in [9.17, 15) is 13.6 Å². The lowest BCUT2D eigenvalue weighted by Gasteiger charge is -2.42. The molecule has 4 rings (SSSR count). The number of hydrogen-bond donors (Lipinski definition) is 1. The highest BCUT2D eigenvalue weighted by molar-refractivity contribution is 5.71. The van der Waals surface area contributed by atoms with Gasteiger partial charge < -0.3 is 15.1 Å². The minimum atomic E-state index is -0.830. The molecular formula is C28H44F2N4O. The average Bonchev–Trinajstić information content (AvgIpc) is 3.40. The maximum atomic E-state index is 13.0. The Morgan fingerprint density at radius 2 is 1.89 bits per heavy atom. The summed E-state index contributed by atoms with van der Waals surface area (Å²) < 4.78 is 25.9. The van der Waals surface area contributed by atoms with Crippen molar-refractivity contribution in [1.82, 2.24) is 10.2 Å². The number of hydrogen-bond acceptors (Lipinski definition) is 4. The lowest BCUT2D eigenvalue weighted by Crippen LogP contribution is -2.49. The predicted molar refractivity (Wildman–Crippen MR) is 141 cm³/mol. The van der Waals surface area contributed by atoms with Crippen molar-refractivity contribution in [3.8, 4) is 0 Å². The highest BCUT2D eigenvalue weighted by Crippen LogP contribution is 2.30. The summed E-state index contributed by atoms with van der Waals surface area (Å²) in [6.07, 6.45) is 12.5. The van der Waals surface area contributed by atoms with Gasteiger partial charge in [0.1, 0.15) is 12.8 Å². The fourth-order valence-electron chi connectivity index (χ4n) is 5.82. The summed E-state index contributed by atoms with van der Waals surface area (Å²) in [7, 11) is 2.17. The Labute approximate surface area is 210 Å². The van der Waals surface area contributed by atoms with Gasteiger partial charge in [-0.15, -0.1) is 0 Å². The highest BCUT2D eigenvalue weighted by atomic mass is 19.1. The standard InChI is InChI=1S/C20H31FN2.C8H13FN2O/c1-16-12-20(10-11-23(16)15-17-6-3-4-7-17)22(2)19-9-5-8-18(13-19)14-21;9-7-3-1-2-4-8(7)11-5-10-6-12/h5,8-9,13,16-17,20H,3-4,6-7,10-12,14-15H2,1-2H3;5-8H,1-4H2,(H,10,11,12)/t16-,20?;7?,8-/m00/s1. The van der Waals surface area contributed by atoms with E-state index in [-0.39, 0.29) is 12.7 Å². The van der Waals surface area contributed by atoms with Crippen LogP contribution in [0.5, 0.6) is 0 Å². The van der Waals surface area contributed by atoms with Gasteiger partial charge in [-0.1, -0.05) is 37.8 Å². The first-order chi connectivity index (χ1) is 17.0. The number of anilines is 1. The second-order valence-corrected chi connectivity index (χ2v) is 10.5. The van der Waals surface area contributed by atoms with Crippen LogP contribution in [0.3, 0.4) is 0 Å². The van der Waals surface area contributed by atoms with Gasteiger partial charge >= 0.3 is 0 Å². The zero-order valence-electron chi connectivity index (χ0n) is 21.5. The largest absolute Gasteiger partial charge is 0.371 e. The van der Waals surface area contributed by atoms with Crippen LogP contribution in [0.2, 0.25) is 0 Å². The lowest BCUT2D eigenvalue weighted by molar-refractivity contribution is -0.108. The van der Waals surface area contributed by atoms with Gasteiger partial charge in [-0.05, 0) is 69.1 Å². The lowest BCUT2D eigenvalue weighted by atomic mass is 9.94. The van der Waals surface area contributed by atoms with Gasteiger partial charge in [0.25, 0.3) is 0 Å². The molecule has 2 aliphatic carbocycles. The summed E-state index contributed by atoms with van der Waals surface area (Å²) in [4.78, 5) is 18.8. The molecule has 2 unspecified atom stereocenters. The zero-order chi connectivity index (χ0) is 25.0. The van der Waals surface area contributed by atoms with E-state index in [2.05, 4.69) is 40.1 Å². The van der Waals surface area contributed by atoms with Crippen LogP contribution in [-0.2, 0) is 11.5 Å². The van der Waals surface area contributed by atoms with Crippen LogP contribution in [0.1, 0.15) is 76.7 Å². The van der Waals surface area contributed by atoms with Gasteiger partial charge in [0.05, 0.1) is 12.4 Å². The van der Waals surface area contributed by atoms with E-state index in [0.29, 0.717) is 24.9 Å². The van der Waals surface area contributed by atoms with E-state index in [1.165, 1.54) is 58.0 Å². The maximum Gasteiger partial charge on any atom is 0.212 e. The highest BCUT2D eigenvalue weighted by Gasteiger charge is 2.30. The topological polar surface area (TPSA) is 47.9 Å². The van der Waals surface area contributed by atoms with Gasteiger partial charge in [-0.2, -0.15) is 0 Å². The fraction of sp³-hybridized carbons (Fsp3) is 0.714. The molecule has 1 heterocycles. The molecule has 5 nitrogen and oxygen atoms in total. The molecule has 1 aromatic rings. The third-order valence-electron chi connectivity index (χ3n) is 8.03. The number of rotatable bonds is 8.